The maximum atomic E-state index is 11.9. The van der Waals surface area contributed by atoms with Gasteiger partial charge in [-0.3, -0.25) is 0 Å². The van der Waals surface area contributed by atoms with Gasteiger partial charge >= 0.3 is 0 Å². The normalized spacial score (nSPS) is 24.7. The molecule has 1 aromatic carbocycles. The Morgan fingerprint density at radius 2 is 1.76 bits per heavy atom. The smallest absolute Gasteiger partial charge is 0.180 e. The van der Waals surface area contributed by atoms with Gasteiger partial charge in [-0.2, -0.15) is 0 Å². The summed E-state index contributed by atoms with van der Waals surface area (Å²) in [6.45, 7) is 5.56. The van der Waals surface area contributed by atoms with Crippen molar-refractivity contribution in [2.75, 3.05) is 0 Å². The highest BCUT2D eigenvalue weighted by Crippen LogP contribution is 2.28. The molecule has 0 bridgehead atoms. The van der Waals surface area contributed by atoms with Gasteiger partial charge in [-0.25, -0.2) is 8.42 Å². The van der Waals surface area contributed by atoms with Crippen LogP contribution in [0.3, 0.4) is 0 Å². The Hall–Kier alpha value is -0.870. The van der Waals surface area contributed by atoms with Gasteiger partial charge in [-0.15, -0.1) is 0 Å². The van der Waals surface area contributed by atoms with Crippen LogP contribution in [0.4, 0.5) is 0 Å². The molecule has 1 aliphatic rings. The summed E-state index contributed by atoms with van der Waals surface area (Å²) in [5, 5.41) is 3.02. The van der Waals surface area contributed by atoms with E-state index in [9.17, 15) is 8.42 Å². The first kappa shape index (κ1) is 12.6. The summed E-state index contributed by atoms with van der Waals surface area (Å²) in [5.41, 5.74) is 1.17. The summed E-state index contributed by atoms with van der Waals surface area (Å²) in [4.78, 5) is 0.420. The van der Waals surface area contributed by atoms with E-state index in [1.807, 2.05) is 12.1 Å². The highest BCUT2D eigenvalue weighted by Gasteiger charge is 2.26. The van der Waals surface area contributed by atoms with E-state index in [2.05, 4.69) is 12.2 Å². The van der Waals surface area contributed by atoms with Crippen molar-refractivity contribution in [2.45, 2.75) is 49.4 Å². The minimum Gasteiger partial charge on any atom is -0.307 e. The van der Waals surface area contributed by atoms with E-state index in [0.29, 0.717) is 17.0 Å². The Balaban J connectivity index is 2.19. The zero-order valence-corrected chi connectivity index (χ0v) is 11.3. The molecule has 1 heterocycles. The maximum Gasteiger partial charge on any atom is 0.180 e. The molecular weight excluding hydrogens is 234 g/mol. The van der Waals surface area contributed by atoms with Gasteiger partial charge < -0.3 is 5.32 Å². The van der Waals surface area contributed by atoms with Crippen molar-refractivity contribution in [3.8, 4) is 0 Å². The average Bonchev–Trinajstić information content (AvgIpc) is 2.25. The van der Waals surface area contributed by atoms with Crippen molar-refractivity contribution in [1.29, 1.82) is 0 Å². The Morgan fingerprint density at radius 1 is 1.24 bits per heavy atom. The Kier molecular flexibility index (Phi) is 3.27. The van der Waals surface area contributed by atoms with Gasteiger partial charge in [0.05, 0.1) is 10.1 Å². The fourth-order valence-corrected chi connectivity index (χ4v) is 3.13. The van der Waals surface area contributed by atoms with E-state index >= 15 is 0 Å². The number of rotatable bonds is 3. The van der Waals surface area contributed by atoms with Crippen molar-refractivity contribution in [1.82, 2.24) is 5.32 Å². The Labute approximate surface area is 103 Å². The second-order valence-corrected chi connectivity index (χ2v) is 7.52. The topological polar surface area (TPSA) is 46.2 Å². The van der Waals surface area contributed by atoms with Crippen LogP contribution in [-0.4, -0.2) is 19.7 Å². The lowest BCUT2D eigenvalue weighted by Crippen LogP contribution is -2.43. The molecule has 1 saturated heterocycles. The molecule has 2 unspecified atom stereocenters. The first-order chi connectivity index (χ1) is 7.91. The minimum atomic E-state index is -3.14. The standard InChI is InChI=1S/C13H19NO2S/c1-9(2)17(15,16)12-6-4-11(5-7-12)13-8-10(3)14-13/h4-7,9-10,13-14H,8H2,1-3H3. The number of benzene rings is 1. The molecule has 94 valence electrons. The maximum absolute atomic E-state index is 11.9. The van der Waals surface area contributed by atoms with Crippen molar-refractivity contribution >= 4 is 9.84 Å². The molecule has 1 fully saturated rings. The molecule has 0 spiro atoms. The van der Waals surface area contributed by atoms with E-state index in [4.69, 9.17) is 0 Å². The van der Waals surface area contributed by atoms with Crippen LogP contribution in [-0.2, 0) is 9.84 Å². The summed E-state index contributed by atoms with van der Waals surface area (Å²) in [6.07, 6.45) is 1.12. The van der Waals surface area contributed by atoms with Crippen molar-refractivity contribution < 1.29 is 8.42 Å². The zero-order chi connectivity index (χ0) is 12.6. The van der Waals surface area contributed by atoms with E-state index in [0.717, 1.165) is 6.42 Å². The lowest BCUT2D eigenvalue weighted by Gasteiger charge is -2.35. The monoisotopic (exact) mass is 253 g/mol. The average molecular weight is 253 g/mol. The first-order valence-electron chi connectivity index (χ1n) is 6.01. The molecule has 2 rings (SSSR count). The van der Waals surface area contributed by atoms with Crippen LogP contribution in [0.25, 0.3) is 0 Å². The van der Waals surface area contributed by atoms with Crippen LogP contribution >= 0.6 is 0 Å². The van der Waals surface area contributed by atoms with Crippen molar-refractivity contribution in [3.05, 3.63) is 29.8 Å². The summed E-state index contributed by atoms with van der Waals surface area (Å²) in [5.74, 6) is 0. The zero-order valence-electron chi connectivity index (χ0n) is 10.5. The molecule has 4 heteroatoms. The quantitative estimate of drug-likeness (QED) is 0.899. The number of sulfone groups is 1. The van der Waals surface area contributed by atoms with Gasteiger partial charge in [0.15, 0.2) is 9.84 Å². The molecule has 0 saturated carbocycles. The van der Waals surface area contributed by atoms with Gasteiger partial charge in [0.2, 0.25) is 0 Å². The lowest BCUT2D eigenvalue weighted by molar-refractivity contribution is 0.287. The van der Waals surface area contributed by atoms with Crippen LogP contribution < -0.4 is 5.32 Å². The van der Waals surface area contributed by atoms with E-state index in [1.165, 1.54) is 5.56 Å². The van der Waals surface area contributed by atoms with Gasteiger partial charge in [0, 0.05) is 12.1 Å². The third kappa shape index (κ3) is 2.38. The molecule has 1 N–H and O–H groups in total. The van der Waals surface area contributed by atoms with E-state index in [-0.39, 0.29) is 5.25 Å². The van der Waals surface area contributed by atoms with Crippen LogP contribution in [0.2, 0.25) is 0 Å². The van der Waals surface area contributed by atoms with Crippen LogP contribution in [0.1, 0.15) is 38.8 Å². The third-order valence-corrected chi connectivity index (χ3v) is 5.48. The summed E-state index contributed by atoms with van der Waals surface area (Å²) in [7, 11) is -3.14. The van der Waals surface area contributed by atoms with Gasteiger partial charge in [-0.05, 0) is 44.9 Å². The third-order valence-electron chi connectivity index (χ3n) is 3.31. The predicted octanol–water partition coefficient (Wildman–Crippen LogP) is 2.29. The molecular formula is C13H19NO2S. The molecule has 0 amide bonds. The highest BCUT2D eigenvalue weighted by atomic mass is 32.2. The molecule has 1 aromatic rings. The minimum absolute atomic E-state index is 0.366. The molecule has 1 aliphatic heterocycles. The molecule has 2 atom stereocenters. The summed E-state index contributed by atoms with van der Waals surface area (Å²) >= 11 is 0. The van der Waals surface area contributed by atoms with Crippen molar-refractivity contribution in [2.24, 2.45) is 0 Å². The van der Waals surface area contributed by atoms with Crippen molar-refractivity contribution in [3.63, 3.8) is 0 Å². The SMILES string of the molecule is CC1CC(c2ccc(S(=O)(=O)C(C)C)cc2)N1. The molecule has 0 aromatic heterocycles. The molecule has 17 heavy (non-hydrogen) atoms. The first-order valence-corrected chi connectivity index (χ1v) is 7.56. The fraction of sp³-hybridized carbons (Fsp3) is 0.538. The second kappa shape index (κ2) is 4.42. The van der Waals surface area contributed by atoms with Gasteiger partial charge in [-0.1, -0.05) is 12.1 Å². The molecule has 0 aliphatic carbocycles. The van der Waals surface area contributed by atoms with Crippen LogP contribution in [0.5, 0.6) is 0 Å². The largest absolute Gasteiger partial charge is 0.307 e. The predicted molar refractivity (Wildman–Crippen MR) is 68.7 cm³/mol. The molecule has 3 nitrogen and oxygen atoms in total. The number of hydrogen-bond acceptors (Lipinski definition) is 3. The number of hydrogen-bond donors (Lipinski definition) is 1. The van der Waals surface area contributed by atoms with Crippen LogP contribution in [0.15, 0.2) is 29.2 Å². The number of nitrogens with one attached hydrogen (secondary N) is 1. The van der Waals surface area contributed by atoms with Gasteiger partial charge in [0.1, 0.15) is 0 Å². The summed E-state index contributed by atoms with van der Waals surface area (Å²) in [6, 6.07) is 8.22. The lowest BCUT2D eigenvalue weighted by atomic mass is 9.92. The van der Waals surface area contributed by atoms with Crippen LogP contribution in [0, 0.1) is 0 Å². The highest BCUT2D eigenvalue weighted by molar-refractivity contribution is 7.92. The summed E-state index contributed by atoms with van der Waals surface area (Å²) < 4.78 is 23.9. The Morgan fingerprint density at radius 3 is 2.18 bits per heavy atom. The Bertz CT molecular complexity index is 485. The fourth-order valence-electron chi connectivity index (χ4n) is 2.07. The second-order valence-electron chi connectivity index (χ2n) is 5.02. The van der Waals surface area contributed by atoms with Gasteiger partial charge in [0.25, 0.3) is 0 Å². The van der Waals surface area contributed by atoms with E-state index in [1.54, 1.807) is 26.0 Å². The molecule has 0 radical (unpaired) electrons. The van der Waals surface area contributed by atoms with E-state index < -0.39 is 9.84 Å².